The molecule has 7 nitrogen and oxygen atoms in total. The number of benzene rings is 2. The summed E-state index contributed by atoms with van der Waals surface area (Å²) in [6.45, 7) is 3.52. The van der Waals surface area contributed by atoms with Crippen LogP contribution in [-0.2, 0) is 10.4 Å². The van der Waals surface area contributed by atoms with Crippen molar-refractivity contribution in [3.05, 3.63) is 65.2 Å². The van der Waals surface area contributed by atoms with Crippen LogP contribution in [0.25, 0.3) is 0 Å². The van der Waals surface area contributed by atoms with Gasteiger partial charge in [-0.2, -0.15) is 0 Å². The minimum atomic E-state index is -0.781. The number of amides is 2. The molecule has 1 aliphatic carbocycles. The number of aliphatic hydroxyl groups is 1. The van der Waals surface area contributed by atoms with Crippen LogP contribution in [0, 0.1) is 6.92 Å². The summed E-state index contributed by atoms with van der Waals surface area (Å²) in [6.07, 6.45) is 3.30. The van der Waals surface area contributed by atoms with Gasteiger partial charge >= 0.3 is 0 Å². The normalized spacial score (nSPS) is 23.4. The van der Waals surface area contributed by atoms with Gasteiger partial charge in [0, 0.05) is 24.7 Å². The number of carbonyl (C=O) groups excluding carboxylic acids is 2. The Morgan fingerprint density at radius 1 is 1.12 bits per heavy atom. The van der Waals surface area contributed by atoms with Gasteiger partial charge in [0.25, 0.3) is 5.91 Å². The predicted octanol–water partition coefficient (Wildman–Crippen LogP) is 2.36. The molecule has 1 aliphatic heterocycles. The molecule has 2 aromatic rings. The third kappa shape index (κ3) is 5.54. The first kappa shape index (κ1) is 23.3. The summed E-state index contributed by atoms with van der Waals surface area (Å²) in [6, 6.07) is 15.5. The Hall–Kier alpha value is -2.90. The Bertz CT molecular complexity index is 977. The van der Waals surface area contributed by atoms with Crippen molar-refractivity contribution in [2.45, 2.75) is 50.3 Å². The first-order chi connectivity index (χ1) is 15.9. The highest BCUT2D eigenvalue weighted by molar-refractivity contribution is 5.96. The third-order valence-electron chi connectivity index (χ3n) is 6.89. The molecule has 4 rings (SSSR count). The second-order valence-corrected chi connectivity index (χ2v) is 9.26. The number of aryl methyl sites for hydroxylation is 1. The van der Waals surface area contributed by atoms with Crippen molar-refractivity contribution in [2.24, 2.45) is 0 Å². The molecule has 33 heavy (non-hydrogen) atoms. The highest BCUT2D eigenvalue weighted by Gasteiger charge is 2.40. The predicted molar refractivity (Wildman–Crippen MR) is 126 cm³/mol. The van der Waals surface area contributed by atoms with Crippen LogP contribution in [0.1, 0.15) is 47.2 Å². The molecule has 1 heterocycles. The van der Waals surface area contributed by atoms with Gasteiger partial charge in [-0.15, -0.1) is 0 Å². The molecule has 0 radical (unpaired) electrons. The zero-order valence-corrected chi connectivity index (χ0v) is 19.3. The summed E-state index contributed by atoms with van der Waals surface area (Å²) in [4.78, 5) is 26.8. The van der Waals surface area contributed by atoms with Crippen LogP contribution in [0.3, 0.4) is 0 Å². The summed E-state index contributed by atoms with van der Waals surface area (Å²) >= 11 is 0. The molecule has 176 valence electrons. The number of methoxy groups -OCH3 is 1. The molecule has 2 aliphatic rings. The van der Waals surface area contributed by atoms with Crippen LogP contribution in [0.5, 0.6) is 5.75 Å². The van der Waals surface area contributed by atoms with Gasteiger partial charge in [-0.05, 0) is 62.4 Å². The molecule has 0 unspecified atom stereocenters. The lowest BCUT2D eigenvalue weighted by atomic mass is 9.76. The van der Waals surface area contributed by atoms with Gasteiger partial charge in [0.1, 0.15) is 5.75 Å². The molecule has 7 heteroatoms. The molecule has 2 amide bonds. The third-order valence-corrected chi connectivity index (χ3v) is 6.89. The fourth-order valence-electron chi connectivity index (χ4n) is 4.86. The van der Waals surface area contributed by atoms with Crippen LogP contribution >= 0.6 is 0 Å². The molecule has 0 aromatic heterocycles. The minimum Gasteiger partial charge on any atom is -0.497 e. The Labute approximate surface area is 195 Å². The highest BCUT2D eigenvalue weighted by Crippen LogP contribution is 2.39. The highest BCUT2D eigenvalue weighted by atomic mass is 16.5. The molecular formula is C26H33N3O4. The summed E-state index contributed by atoms with van der Waals surface area (Å²) in [7, 11) is 1.64. The lowest BCUT2D eigenvalue weighted by Gasteiger charge is -2.48. The smallest absolute Gasteiger partial charge is 0.251 e. The average molecular weight is 452 g/mol. The number of rotatable bonds is 7. The van der Waals surface area contributed by atoms with Gasteiger partial charge in [0.2, 0.25) is 5.91 Å². The molecule has 0 atom stereocenters. The van der Waals surface area contributed by atoms with Crippen molar-refractivity contribution in [2.75, 3.05) is 26.7 Å². The van der Waals surface area contributed by atoms with E-state index in [0.717, 1.165) is 55.6 Å². The van der Waals surface area contributed by atoms with Crippen LogP contribution in [0.2, 0.25) is 0 Å². The van der Waals surface area contributed by atoms with E-state index in [-0.39, 0.29) is 24.4 Å². The maximum absolute atomic E-state index is 12.2. The van der Waals surface area contributed by atoms with Crippen molar-refractivity contribution in [1.29, 1.82) is 0 Å². The summed E-state index contributed by atoms with van der Waals surface area (Å²) in [5.41, 5.74) is 1.73. The fraction of sp³-hybridized carbons (Fsp3) is 0.462. The molecule has 3 N–H and O–H groups in total. The monoisotopic (exact) mass is 451 g/mol. The lowest BCUT2D eigenvalue weighted by Crippen LogP contribution is -2.63. The number of ether oxygens (including phenoxy) is 1. The fourth-order valence-corrected chi connectivity index (χ4v) is 4.86. The Morgan fingerprint density at radius 2 is 1.82 bits per heavy atom. The minimum absolute atomic E-state index is 0.0262. The average Bonchev–Trinajstić information content (AvgIpc) is 2.80. The number of hydrogen-bond acceptors (Lipinski definition) is 5. The van der Waals surface area contributed by atoms with E-state index in [9.17, 15) is 14.7 Å². The maximum atomic E-state index is 12.2. The van der Waals surface area contributed by atoms with Crippen LogP contribution in [0.4, 0.5) is 0 Å². The summed E-state index contributed by atoms with van der Waals surface area (Å²) in [5, 5.41) is 16.8. The molecule has 1 saturated heterocycles. The number of hydrogen-bond donors (Lipinski definition) is 3. The topological polar surface area (TPSA) is 90.9 Å². The van der Waals surface area contributed by atoms with E-state index in [2.05, 4.69) is 15.5 Å². The van der Waals surface area contributed by atoms with Crippen molar-refractivity contribution in [3.8, 4) is 5.75 Å². The standard InChI is InChI=1S/C26H33N3O4/c1-18-4-3-5-19(14-18)25(31)27-15-24(30)28-21-16-29(17-21)22-10-12-26(32,13-11-22)20-6-8-23(33-2)9-7-20/h3-9,14,21-22,32H,10-13,15-17H2,1-2H3,(H,27,31)(H,28,30)/t22-,26-. The zero-order chi connectivity index (χ0) is 23.4. The molecule has 0 bridgehead atoms. The van der Waals surface area contributed by atoms with E-state index in [0.29, 0.717) is 11.6 Å². The van der Waals surface area contributed by atoms with Gasteiger partial charge in [0.15, 0.2) is 0 Å². The molecule has 0 spiro atoms. The number of carbonyl (C=O) groups is 2. The number of nitrogens with zero attached hydrogens (tertiary/aromatic N) is 1. The molecular weight excluding hydrogens is 418 g/mol. The van der Waals surface area contributed by atoms with Crippen molar-refractivity contribution >= 4 is 11.8 Å². The SMILES string of the molecule is COc1ccc([C@]2(O)CC[C@H](N3CC(NC(=O)CNC(=O)c4cccc(C)c4)C3)CC2)cc1. The second kappa shape index (κ2) is 9.93. The Kier molecular flexibility index (Phi) is 7.00. The van der Waals surface area contributed by atoms with Gasteiger partial charge in [-0.25, -0.2) is 0 Å². The first-order valence-corrected chi connectivity index (χ1v) is 11.6. The van der Waals surface area contributed by atoms with Crippen molar-refractivity contribution in [1.82, 2.24) is 15.5 Å². The van der Waals surface area contributed by atoms with Gasteiger partial charge in [-0.3, -0.25) is 14.5 Å². The summed E-state index contributed by atoms with van der Waals surface area (Å²) < 4.78 is 5.21. The lowest BCUT2D eigenvalue weighted by molar-refractivity contribution is -0.122. The van der Waals surface area contributed by atoms with E-state index in [4.69, 9.17) is 4.74 Å². The van der Waals surface area contributed by atoms with Gasteiger partial charge < -0.3 is 20.5 Å². The van der Waals surface area contributed by atoms with E-state index in [1.165, 1.54) is 0 Å². The van der Waals surface area contributed by atoms with Crippen LogP contribution in [0.15, 0.2) is 48.5 Å². The van der Waals surface area contributed by atoms with E-state index in [1.807, 2.05) is 43.3 Å². The maximum Gasteiger partial charge on any atom is 0.251 e. The van der Waals surface area contributed by atoms with Crippen molar-refractivity contribution < 1.29 is 19.4 Å². The zero-order valence-electron chi connectivity index (χ0n) is 19.3. The van der Waals surface area contributed by atoms with Crippen LogP contribution < -0.4 is 15.4 Å². The number of nitrogens with one attached hydrogen (secondary N) is 2. The largest absolute Gasteiger partial charge is 0.497 e. The molecule has 2 fully saturated rings. The second-order valence-electron chi connectivity index (χ2n) is 9.26. The Balaban J connectivity index is 1.17. The van der Waals surface area contributed by atoms with Crippen LogP contribution in [-0.4, -0.2) is 60.6 Å². The Morgan fingerprint density at radius 3 is 2.45 bits per heavy atom. The first-order valence-electron chi connectivity index (χ1n) is 11.6. The van der Waals surface area contributed by atoms with E-state index in [1.54, 1.807) is 19.2 Å². The number of likely N-dealkylation sites (tertiary alicyclic amines) is 1. The quantitative estimate of drug-likeness (QED) is 0.601. The van der Waals surface area contributed by atoms with Crippen molar-refractivity contribution in [3.63, 3.8) is 0 Å². The van der Waals surface area contributed by atoms with E-state index >= 15 is 0 Å². The summed E-state index contributed by atoms with van der Waals surface area (Å²) in [5.74, 6) is 0.383. The van der Waals surface area contributed by atoms with E-state index < -0.39 is 5.60 Å². The molecule has 2 aromatic carbocycles. The van der Waals surface area contributed by atoms with Gasteiger partial charge in [0.05, 0.1) is 25.3 Å². The molecule has 1 saturated carbocycles. The van der Waals surface area contributed by atoms with Gasteiger partial charge in [-0.1, -0.05) is 29.8 Å².